The predicted octanol–water partition coefficient (Wildman–Crippen LogP) is 6.66. The number of carbonyl (C=O) groups is 1. The molecule has 3 atom stereocenters. The van der Waals surface area contributed by atoms with E-state index in [2.05, 4.69) is 23.2 Å². The minimum Gasteiger partial charge on any atom is -0.485 e. The molecule has 1 aliphatic carbocycles. The topological polar surface area (TPSA) is 57.7 Å². The maximum atomic E-state index is 15.4. The van der Waals surface area contributed by atoms with Gasteiger partial charge in [0.2, 0.25) is 5.88 Å². The number of esters is 1. The fourth-order valence-electron chi connectivity index (χ4n) is 5.43. The Morgan fingerprint density at radius 1 is 1.06 bits per heavy atom. The van der Waals surface area contributed by atoms with Crippen LogP contribution < -0.4 is 9.47 Å². The van der Waals surface area contributed by atoms with Gasteiger partial charge in [0.15, 0.2) is 0 Å². The van der Waals surface area contributed by atoms with Gasteiger partial charge in [-0.2, -0.15) is 0 Å². The lowest BCUT2D eigenvalue weighted by atomic mass is 9.82. The molecule has 36 heavy (non-hydrogen) atoms. The Balaban J connectivity index is 1.42. The number of nitrogens with zero attached hydrogens (tertiary/aromatic N) is 1. The number of halogens is 1. The molecule has 2 aromatic carbocycles. The summed E-state index contributed by atoms with van der Waals surface area (Å²) in [6, 6.07) is 15.2. The van der Waals surface area contributed by atoms with Crippen LogP contribution in [0.4, 0.5) is 4.39 Å². The molecular weight excluding hydrogens is 457 g/mol. The highest BCUT2D eigenvalue weighted by atomic mass is 19.1. The second-order valence-electron chi connectivity index (χ2n) is 9.86. The summed E-state index contributed by atoms with van der Waals surface area (Å²) < 4.78 is 32.1. The number of aryl methyl sites for hydroxylation is 1. The zero-order valence-electron chi connectivity index (χ0n) is 21.0. The van der Waals surface area contributed by atoms with Crippen LogP contribution in [0.15, 0.2) is 54.7 Å². The van der Waals surface area contributed by atoms with Gasteiger partial charge in [0.1, 0.15) is 17.7 Å². The molecule has 0 radical (unpaired) electrons. The molecule has 188 valence electrons. The van der Waals surface area contributed by atoms with E-state index in [4.69, 9.17) is 14.2 Å². The molecule has 1 aromatic heterocycles. The molecule has 0 N–H and O–H groups in total. The fourth-order valence-corrected chi connectivity index (χ4v) is 5.43. The Morgan fingerprint density at radius 2 is 1.86 bits per heavy atom. The minimum atomic E-state index is -0.375. The Labute approximate surface area is 211 Å². The van der Waals surface area contributed by atoms with Gasteiger partial charge in [-0.05, 0) is 84.4 Å². The van der Waals surface area contributed by atoms with E-state index in [9.17, 15) is 4.79 Å². The van der Waals surface area contributed by atoms with E-state index in [1.54, 1.807) is 25.4 Å². The van der Waals surface area contributed by atoms with Crippen LogP contribution >= 0.6 is 0 Å². The first-order valence-electron chi connectivity index (χ1n) is 12.7. The normalized spacial score (nSPS) is 18.8. The lowest BCUT2D eigenvalue weighted by Crippen LogP contribution is -2.22. The zero-order chi connectivity index (χ0) is 25.2. The molecule has 2 heterocycles. The first-order valence-corrected chi connectivity index (χ1v) is 12.7. The Kier molecular flexibility index (Phi) is 6.95. The van der Waals surface area contributed by atoms with Gasteiger partial charge >= 0.3 is 5.97 Å². The standard InChI is InChI=1S/C30H32FNO4/c1-18(30(33)35-3)29(20-8-9-20)23-10-7-19-5-4-6-26(36-27(19)16-23)24-12-11-21(15-25(24)31)22-13-14-32-28(17-22)34-2/h7,10-18,20,26,29H,4-6,8-9H2,1-3H3/t18-,26?,29-/m0/s1. The van der Waals surface area contributed by atoms with Crippen LogP contribution in [0.25, 0.3) is 11.1 Å². The zero-order valence-corrected chi connectivity index (χ0v) is 21.0. The Bertz CT molecular complexity index is 1260. The number of aromatic nitrogens is 1. The van der Waals surface area contributed by atoms with Crippen LogP contribution in [0.1, 0.15) is 61.3 Å². The summed E-state index contributed by atoms with van der Waals surface area (Å²) in [5, 5.41) is 0. The van der Waals surface area contributed by atoms with Gasteiger partial charge in [-0.25, -0.2) is 9.37 Å². The Hall–Kier alpha value is -3.41. The molecule has 5 rings (SSSR count). The van der Waals surface area contributed by atoms with Gasteiger partial charge < -0.3 is 14.2 Å². The average Bonchev–Trinajstić information content (AvgIpc) is 3.75. The number of pyridine rings is 1. The molecule has 1 unspecified atom stereocenters. The van der Waals surface area contributed by atoms with E-state index in [0.717, 1.165) is 60.1 Å². The van der Waals surface area contributed by atoms with Crippen LogP contribution in [0.5, 0.6) is 11.6 Å². The molecular formula is C30H32FNO4. The van der Waals surface area contributed by atoms with Crippen LogP contribution in [0.2, 0.25) is 0 Å². The molecule has 0 bridgehead atoms. The van der Waals surface area contributed by atoms with Crippen molar-refractivity contribution in [3.63, 3.8) is 0 Å². The highest BCUT2D eigenvalue weighted by molar-refractivity contribution is 5.73. The summed E-state index contributed by atoms with van der Waals surface area (Å²) in [4.78, 5) is 16.5. The van der Waals surface area contributed by atoms with E-state index in [1.807, 2.05) is 25.1 Å². The van der Waals surface area contributed by atoms with Crippen molar-refractivity contribution < 1.29 is 23.4 Å². The largest absolute Gasteiger partial charge is 0.485 e. The summed E-state index contributed by atoms with van der Waals surface area (Å²) in [5.74, 6) is 1.16. The van der Waals surface area contributed by atoms with E-state index in [-0.39, 0.29) is 29.7 Å². The third-order valence-electron chi connectivity index (χ3n) is 7.52. The lowest BCUT2D eigenvalue weighted by Gasteiger charge is -2.24. The van der Waals surface area contributed by atoms with Crippen molar-refractivity contribution in [3.8, 4) is 22.8 Å². The minimum absolute atomic E-state index is 0.0985. The maximum absolute atomic E-state index is 15.4. The second-order valence-corrected chi connectivity index (χ2v) is 9.86. The molecule has 1 saturated carbocycles. The molecule has 5 nitrogen and oxygen atoms in total. The molecule has 3 aromatic rings. The number of ether oxygens (including phenoxy) is 3. The molecule has 0 spiro atoms. The summed E-state index contributed by atoms with van der Waals surface area (Å²) in [6.45, 7) is 1.94. The monoisotopic (exact) mass is 489 g/mol. The number of fused-ring (bicyclic) bond motifs is 1. The van der Waals surface area contributed by atoms with E-state index in [1.165, 1.54) is 7.11 Å². The number of benzene rings is 2. The van der Waals surface area contributed by atoms with Gasteiger partial charge in [0.25, 0.3) is 0 Å². The third kappa shape index (κ3) is 4.95. The highest BCUT2D eigenvalue weighted by Gasteiger charge is 2.39. The van der Waals surface area contributed by atoms with Crippen molar-refractivity contribution in [1.29, 1.82) is 0 Å². The molecule has 1 fully saturated rings. The van der Waals surface area contributed by atoms with Gasteiger partial charge in [-0.15, -0.1) is 0 Å². The third-order valence-corrected chi connectivity index (χ3v) is 7.52. The van der Waals surface area contributed by atoms with Crippen molar-refractivity contribution >= 4 is 5.97 Å². The first kappa shape index (κ1) is 24.3. The van der Waals surface area contributed by atoms with Gasteiger partial charge in [-0.3, -0.25) is 4.79 Å². The number of hydrogen-bond acceptors (Lipinski definition) is 5. The van der Waals surface area contributed by atoms with Crippen molar-refractivity contribution in [3.05, 3.63) is 77.2 Å². The van der Waals surface area contributed by atoms with Crippen LogP contribution in [-0.2, 0) is 16.0 Å². The number of rotatable bonds is 7. The first-order chi connectivity index (χ1) is 17.5. The van der Waals surface area contributed by atoms with Gasteiger partial charge in [0.05, 0.1) is 20.1 Å². The van der Waals surface area contributed by atoms with E-state index >= 15 is 4.39 Å². The SMILES string of the molecule is COC(=O)[C@@H](C)[C@H](c1ccc2c(c1)OC(c1ccc(-c3ccnc(OC)c3)cc1F)CCC2)C1CC1. The number of methoxy groups -OCH3 is 2. The van der Waals surface area contributed by atoms with Crippen LogP contribution in [0, 0.1) is 17.7 Å². The highest BCUT2D eigenvalue weighted by Crippen LogP contribution is 2.48. The average molecular weight is 490 g/mol. The van der Waals surface area contributed by atoms with E-state index < -0.39 is 0 Å². The van der Waals surface area contributed by atoms with Gasteiger partial charge in [-0.1, -0.05) is 31.2 Å². The van der Waals surface area contributed by atoms with Gasteiger partial charge in [0, 0.05) is 17.8 Å². The van der Waals surface area contributed by atoms with Crippen molar-refractivity contribution in [2.45, 2.75) is 51.0 Å². The molecule has 0 saturated heterocycles. The molecule has 2 aliphatic rings. The quantitative estimate of drug-likeness (QED) is 0.348. The predicted molar refractivity (Wildman–Crippen MR) is 136 cm³/mol. The number of carbonyl (C=O) groups excluding carboxylic acids is 1. The van der Waals surface area contributed by atoms with Crippen molar-refractivity contribution in [1.82, 2.24) is 4.98 Å². The second kappa shape index (κ2) is 10.3. The van der Waals surface area contributed by atoms with Crippen LogP contribution in [0.3, 0.4) is 0 Å². The van der Waals surface area contributed by atoms with Crippen molar-refractivity contribution in [2.24, 2.45) is 11.8 Å². The summed E-state index contributed by atoms with van der Waals surface area (Å²) in [5.41, 5.74) is 4.38. The fraction of sp³-hybridized carbons (Fsp3) is 0.400. The molecule has 6 heteroatoms. The summed E-state index contributed by atoms with van der Waals surface area (Å²) in [6.07, 6.45) is 6.03. The summed E-state index contributed by atoms with van der Waals surface area (Å²) in [7, 11) is 3.00. The van der Waals surface area contributed by atoms with E-state index in [0.29, 0.717) is 17.4 Å². The van der Waals surface area contributed by atoms with Crippen LogP contribution in [-0.4, -0.2) is 25.2 Å². The molecule has 0 amide bonds. The molecule has 1 aliphatic heterocycles. The lowest BCUT2D eigenvalue weighted by molar-refractivity contribution is -0.145. The Morgan fingerprint density at radius 3 is 2.58 bits per heavy atom. The smallest absolute Gasteiger partial charge is 0.309 e. The summed E-state index contributed by atoms with van der Waals surface area (Å²) >= 11 is 0. The van der Waals surface area contributed by atoms with Crippen molar-refractivity contribution in [2.75, 3.05) is 14.2 Å². The maximum Gasteiger partial charge on any atom is 0.309 e. The number of hydrogen-bond donors (Lipinski definition) is 0.